The van der Waals surface area contributed by atoms with Crippen molar-refractivity contribution in [1.82, 2.24) is 5.32 Å². The lowest BCUT2D eigenvalue weighted by molar-refractivity contribution is -0.143. The first kappa shape index (κ1) is 18.0. The Hall–Kier alpha value is -2.10. The fraction of sp³-hybridized carbons (Fsp3) is 0.286. The molecule has 1 aromatic carbocycles. The number of rotatable bonds is 5. The quantitative estimate of drug-likeness (QED) is 0.658. The molecule has 0 aliphatic rings. The molecule has 0 saturated carbocycles. The minimum atomic E-state index is -1.16. The van der Waals surface area contributed by atoms with Crippen LogP contribution in [0.25, 0.3) is 0 Å². The number of ether oxygens (including phenoxy) is 1. The predicted octanol–water partition coefficient (Wildman–Crippen LogP) is 2.76. The predicted molar refractivity (Wildman–Crippen MR) is 83.7 cm³/mol. The molecule has 1 rings (SSSR count). The largest absolute Gasteiger partial charge is 0.465 e. The first-order chi connectivity index (χ1) is 10.5. The van der Waals surface area contributed by atoms with Crippen LogP contribution in [0.3, 0.4) is 0 Å². The second-order valence-electron chi connectivity index (χ2n) is 3.97. The summed E-state index contributed by atoms with van der Waals surface area (Å²) in [7, 11) is 1.44. The summed E-state index contributed by atoms with van der Waals surface area (Å²) in [6, 6.07) is 4.70. The number of esters is 1. The van der Waals surface area contributed by atoms with Gasteiger partial charge in [0, 0.05) is 13.3 Å². The van der Waals surface area contributed by atoms with E-state index in [1.54, 1.807) is 13.0 Å². The Labute approximate surface area is 137 Å². The molecular formula is C14H13Cl2N3O3. The zero-order valence-corrected chi connectivity index (χ0v) is 13.4. The van der Waals surface area contributed by atoms with Crippen molar-refractivity contribution in [2.24, 2.45) is 10.9 Å². The Morgan fingerprint density at radius 1 is 1.50 bits per heavy atom. The van der Waals surface area contributed by atoms with Crippen LogP contribution in [0.15, 0.2) is 17.1 Å². The number of benzene rings is 1. The molecule has 0 spiro atoms. The molecule has 0 heterocycles. The van der Waals surface area contributed by atoms with Crippen LogP contribution < -0.4 is 5.32 Å². The molecule has 6 nitrogen and oxygen atoms in total. The minimum absolute atomic E-state index is 0.0312. The Balaban J connectivity index is 3.13. The SMILES string of the molecule is CCOC(=O)C(C#N)C=Nc1ccc(Cl)c(C(=O)NC)c1Cl. The Bertz CT molecular complexity index is 653. The van der Waals surface area contributed by atoms with Gasteiger partial charge in [-0.1, -0.05) is 23.2 Å². The van der Waals surface area contributed by atoms with Crippen molar-refractivity contribution in [3.63, 3.8) is 0 Å². The van der Waals surface area contributed by atoms with Gasteiger partial charge in [-0.3, -0.25) is 14.6 Å². The number of nitrogens with zero attached hydrogens (tertiary/aromatic N) is 2. The van der Waals surface area contributed by atoms with Crippen LogP contribution in [0, 0.1) is 17.2 Å². The van der Waals surface area contributed by atoms with E-state index in [-0.39, 0.29) is 27.9 Å². The summed E-state index contributed by atoms with van der Waals surface area (Å²) in [6.07, 6.45) is 1.11. The third-order valence-corrected chi connectivity index (χ3v) is 3.26. The number of carbonyl (C=O) groups is 2. The molecule has 1 atom stereocenters. The molecule has 0 aliphatic heterocycles. The summed E-state index contributed by atoms with van der Waals surface area (Å²) in [5, 5.41) is 11.6. The maximum Gasteiger partial charge on any atom is 0.328 e. The molecule has 0 fully saturated rings. The lowest BCUT2D eigenvalue weighted by Crippen LogP contribution is -2.19. The zero-order chi connectivity index (χ0) is 16.7. The fourth-order valence-electron chi connectivity index (χ4n) is 1.51. The Morgan fingerprint density at radius 3 is 2.73 bits per heavy atom. The second-order valence-corrected chi connectivity index (χ2v) is 4.76. The molecule has 1 N–H and O–H groups in total. The van der Waals surface area contributed by atoms with E-state index in [1.165, 1.54) is 19.2 Å². The van der Waals surface area contributed by atoms with Gasteiger partial charge in [-0.05, 0) is 19.1 Å². The van der Waals surface area contributed by atoms with Crippen molar-refractivity contribution < 1.29 is 14.3 Å². The van der Waals surface area contributed by atoms with Crippen molar-refractivity contribution in [1.29, 1.82) is 5.26 Å². The molecule has 1 aromatic rings. The van der Waals surface area contributed by atoms with E-state index in [1.807, 2.05) is 0 Å². The van der Waals surface area contributed by atoms with Gasteiger partial charge in [0.15, 0.2) is 5.92 Å². The van der Waals surface area contributed by atoms with Gasteiger partial charge in [0.2, 0.25) is 0 Å². The first-order valence-corrected chi connectivity index (χ1v) is 7.02. The van der Waals surface area contributed by atoms with E-state index in [0.717, 1.165) is 6.21 Å². The molecule has 8 heteroatoms. The van der Waals surface area contributed by atoms with E-state index in [0.29, 0.717) is 0 Å². The van der Waals surface area contributed by atoms with E-state index >= 15 is 0 Å². The highest BCUT2D eigenvalue weighted by atomic mass is 35.5. The van der Waals surface area contributed by atoms with Crippen LogP contribution in [-0.4, -0.2) is 31.7 Å². The zero-order valence-electron chi connectivity index (χ0n) is 11.9. The van der Waals surface area contributed by atoms with Crippen molar-refractivity contribution in [2.45, 2.75) is 6.92 Å². The van der Waals surface area contributed by atoms with Crippen molar-refractivity contribution in [3.8, 4) is 6.07 Å². The number of halogens is 2. The third kappa shape index (κ3) is 4.20. The number of nitrogens with one attached hydrogen (secondary N) is 1. The van der Waals surface area contributed by atoms with E-state index < -0.39 is 17.8 Å². The molecule has 22 heavy (non-hydrogen) atoms. The number of nitriles is 1. The molecule has 1 amide bonds. The number of hydrogen-bond acceptors (Lipinski definition) is 5. The monoisotopic (exact) mass is 341 g/mol. The summed E-state index contributed by atoms with van der Waals surface area (Å²) in [4.78, 5) is 27.2. The van der Waals surface area contributed by atoms with Crippen molar-refractivity contribution in [2.75, 3.05) is 13.7 Å². The Morgan fingerprint density at radius 2 is 2.18 bits per heavy atom. The summed E-state index contributed by atoms with van der Waals surface area (Å²) in [6.45, 7) is 1.79. The number of amides is 1. The maximum atomic E-state index is 11.7. The highest BCUT2D eigenvalue weighted by Gasteiger charge is 2.19. The van der Waals surface area contributed by atoms with Crippen LogP contribution in [0.1, 0.15) is 17.3 Å². The average molecular weight is 342 g/mol. The summed E-state index contributed by atoms with van der Waals surface area (Å²) >= 11 is 12.0. The molecule has 0 aliphatic carbocycles. The first-order valence-electron chi connectivity index (χ1n) is 6.26. The third-order valence-electron chi connectivity index (χ3n) is 2.57. The van der Waals surface area contributed by atoms with Crippen molar-refractivity contribution >= 4 is 47.0 Å². The van der Waals surface area contributed by atoms with Gasteiger partial charge in [-0.15, -0.1) is 0 Å². The molecule has 0 saturated heterocycles. The van der Waals surface area contributed by atoms with Crippen molar-refractivity contribution in [3.05, 3.63) is 27.7 Å². The molecule has 116 valence electrons. The fourth-order valence-corrected chi connectivity index (χ4v) is 2.10. The summed E-state index contributed by atoms with van der Waals surface area (Å²) in [5.74, 6) is -2.32. The van der Waals surface area contributed by atoms with Gasteiger partial charge in [0.05, 0.1) is 34.0 Å². The normalized spacial score (nSPS) is 11.8. The van der Waals surface area contributed by atoms with Gasteiger partial charge in [0.1, 0.15) is 0 Å². The van der Waals surface area contributed by atoms with Crippen LogP contribution in [0.5, 0.6) is 0 Å². The molecule has 0 bridgehead atoms. The Kier molecular flexibility index (Phi) is 6.83. The van der Waals surface area contributed by atoms with Crippen LogP contribution in [0.4, 0.5) is 5.69 Å². The molecule has 1 unspecified atom stereocenters. The summed E-state index contributed by atoms with van der Waals surface area (Å²) < 4.78 is 4.74. The van der Waals surface area contributed by atoms with Crippen LogP contribution in [-0.2, 0) is 9.53 Å². The van der Waals surface area contributed by atoms with E-state index in [2.05, 4.69) is 10.3 Å². The molecule has 0 aromatic heterocycles. The minimum Gasteiger partial charge on any atom is -0.465 e. The topological polar surface area (TPSA) is 91.6 Å². The number of carbonyl (C=O) groups excluding carboxylic acids is 2. The van der Waals surface area contributed by atoms with E-state index in [4.69, 9.17) is 33.2 Å². The number of hydrogen-bond donors (Lipinski definition) is 1. The van der Waals surface area contributed by atoms with E-state index in [9.17, 15) is 9.59 Å². The highest BCUT2D eigenvalue weighted by Crippen LogP contribution is 2.33. The maximum absolute atomic E-state index is 11.7. The van der Waals surface area contributed by atoms with Crippen LogP contribution >= 0.6 is 23.2 Å². The van der Waals surface area contributed by atoms with Gasteiger partial charge in [-0.2, -0.15) is 5.26 Å². The van der Waals surface area contributed by atoms with Gasteiger partial charge < -0.3 is 10.1 Å². The van der Waals surface area contributed by atoms with Crippen LogP contribution in [0.2, 0.25) is 10.0 Å². The second kappa shape index (κ2) is 8.37. The standard InChI is InChI=1S/C14H13Cl2N3O3/c1-3-22-14(21)8(6-17)7-19-10-5-4-9(15)11(12(10)16)13(20)18-2/h4-5,7-8H,3H2,1-2H3,(H,18,20). The molecular weight excluding hydrogens is 329 g/mol. The van der Waals surface area contributed by atoms with Gasteiger partial charge in [0.25, 0.3) is 5.91 Å². The number of aliphatic imine (C=N–C) groups is 1. The smallest absolute Gasteiger partial charge is 0.328 e. The highest BCUT2D eigenvalue weighted by molar-refractivity contribution is 6.41. The lowest BCUT2D eigenvalue weighted by Gasteiger charge is -2.08. The summed E-state index contributed by atoms with van der Waals surface area (Å²) in [5.41, 5.74) is 0.291. The van der Waals surface area contributed by atoms with Gasteiger partial charge in [-0.25, -0.2) is 0 Å². The molecule has 0 radical (unpaired) electrons. The lowest BCUT2D eigenvalue weighted by atomic mass is 10.1. The van der Waals surface area contributed by atoms with Gasteiger partial charge >= 0.3 is 5.97 Å². The average Bonchev–Trinajstić information content (AvgIpc) is 2.49.